The topological polar surface area (TPSA) is 59.4 Å². The second-order valence-electron chi connectivity index (χ2n) is 5.44. The Labute approximate surface area is 115 Å². The van der Waals surface area contributed by atoms with Crippen LogP contribution in [0.3, 0.4) is 0 Å². The number of likely N-dealkylation sites (tertiary alicyclic amines) is 1. The van der Waals surface area contributed by atoms with Crippen LogP contribution in [0.2, 0.25) is 0 Å². The van der Waals surface area contributed by atoms with Crippen LogP contribution in [0.1, 0.15) is 26.7 Å². The van der Waals surface area contributed by atoms with Crippen molar-refractivity contribution in [1.29, 1.82) is 5.26 Å². The van der Waals surface area contributed by atoms with E-state index in [1.54, 1.807) is 11.9 Å². The van der Waals surface area contributed by atoms with Crippen LogP contribution in [0, 0.1) is 11.3 Å². The zero-order valence-electron chi connectivity index (χ0n) is 12.3. The normalized spacial score (nSPS) is 18.2. The van der Waals surface area contributed by atoms with Crippen LogP contribution >= 0.6 is 0 Å². The van der Waals surface area contributed by atoms with Crippen LogP contribution in [-0.4, -0.2) is 55.0 Å². The highest BCUT2D eigenvalue weighted by molar-refractivity contribution is 5.97. The summed E-state index contributed by atoms with van der Waals surface area (Å²) in [5, 5.41) is 12.1. The second-order valence-corrected chi connectivity index (χ2v) is 5.44. The summed E-state index contributed by atoms with van der Waals surface area (Å²) in [6.07, 6.45) is 3.46. The van der Waals surface area contributed by atoms with Crippen molar-refractivity contribution in [3.63, 3.8) is 0 Å². The smallest absolute Gasteiger partial charge is 0.265 e. The Morgan fingerprint density at radius 2 is 2.05 bits per heavy atom. The Hall–Kier alpha value is -1.54. The molecule has 106 valence electrons. The van der Waals surface area contributed by atoms with Gasteiger partial charge in [-0.25, -0.2) is 0 Å². The van der Waals surface area contributed by atoms with Gasteiger partial charge < -0.3 is 15.1 Å². The summed E-state index contributed by atoms with van der Waals surface area (Å²) in [7, 11) is 3.88. The van der Waals surface area contributed by atoms with Crippen LogP contribution < -0.4 is 5.32 Å². The second kappa shape index (κ2) is 7.15. The molecular weight excluding hydrogens is 240 g/mol. The van der Waals surface area contributed by atoms with E-state index in [-0.39, 0.29) is 23.6 Å². The van der Waals surface area contributed by atoms with E-state index >= 15 is 0 Å². The fraction of sp³-hybridized carbons (Fsp3) is 0.714. The van der Waals surface area contributed by atoms with Crippen molar-refractivity contribution in [2.75, 3.05) is 27.2 Å². The number of likely N-dealkylation sites (N-methyl/N-ethyl adjacent to an activating group) is 1. The van der Waals surface area contributed by atoms with Gasteiger partial charge in [0.15, 0.2) is 0 Å². The van der Waals surface area contributed by atoms with Gasteiger partial charge in [-0.1, -0.05) is 0 Å². The number of hydrogen-bond donors (Lipinski definition) is 1. The molecule has 0 saturated carbocycles. The fourth-order valence-corrected chi connectivity index (χ4v) is 2.13. The van der Waals surface area contributed by atoms with E-state index in [9.17, 15) is 4.79 Å². The number of carbonyl (C=O) groups excluding carboxylic acids is 1. The van der Waals surface area contributed by atoms with Gasteiger partial charge in [0.1, 0.15) is 11.6 Å². The van der Waals surface area contributed by atoms with Crippen molar-refractivity contribution >= 4 is 5.91 Å². The summed E-state index contributed by atoms with van der Waals surface area (Å²) in [5.41, 5.74) is 0.176. The molecule has 19 heavy (non-hydrogen) atoms. The van der Waals surface area contributed by atoms with Crippen molar-refractivity contribution in [1.82, 2.24) is 15.1 Å². The Morgan fingerprint density at radius 1 is 1.47 bits per heavy atom. The maximum atomic E-state index is 12.2. The molecule has 1 amide bonds. The lowest BCUT2D eigenvalue weighted by molar-refractivity contribution is -0.128. The van der Waals surface area contributed by atoms with E-state index in [0.717, 1.165) is 25.9 Å². The van der Waals surface area contributed by atoms with Crippen molar-refractivity contribution in [3.05, 3.63) is 11.8 Å². The van der Waals surface area contributed by atoms with Gasteiger partial charge in [-0.2, -0.15) is 5.26 Å². The van der Waals surface area contributed by atoms with Crippen LogP contribution in [-0.2, 0) is 4.79 Å². The molecule has 0 radical (unpaired) electrons. The van der Waals surface area contributed by atoms with Gasteiger partial charge in [0.2, 0.25) is 0 Å². The van der Waals surface area contributed by atoms with Crippen molar-refractivity contribution < 1.29 is 4.79 Å². The number of carbonyl (C=O) groups is 1. The Balaban J connectivity index is 2.64. The zero-order valence-corrected chi connectivity index (χ0v) is 12.3. The Bertz CT molecular complexity index is 375. The summed E-state index contributed by atoms with van der Waals surface area (Å²) in [5.74, 6) is -0.190. The lowest BCUT2D eigenvalue weighted by Gasteiger charge is -2.35. The standard InChI is InChI=1S/C14H24N4O/c1-11(2)16-10-12(9-15)14(19)18(4)13-5-7-17(3)8-6-13/h10-11,13,16H,5-8H2,1-4H3/b12-10-. The van der Waals surface area contributed by atoms with Gasteiger partial charge in [0, 0.05) is 25.3 Å². The van der Waals surface area contributed by atoms with E-state index in [1.165, 1.54) is 6.20 Å². The maximum Gasteiger partial charge on any atom is 0.265 e. The predicted octanol–water partition coefficient (Wildman–Crippen LogP) is 0.944. The molecule has 0 aromatic heterocycles. The van der Waals surface area contributed by atoms with Crippen LogP contribution in [0.4, 0.5) is 0 Å². The average Bonchev–Trinajstić information content (AvgIpc) is 2.39. The van der Waals surface area contributed by atoms with Gasteiger partial charge in [0.25, 0.3) is 5.91 Å². The number of amides is 1. The number of nitrogens with one attached hydrogen (secondary N) is 1. The molecule has 1 aliphatic heterocycles. The molecule has 1 N–H and O–H groups in total. The average molecular weight is 264 g/mol. The molecule has 0 spiro atoms. The van der Waals surface area contributed by atoms with Crippen molar-refractivity contribution in [3.8, 4) is 6.07 Å². The van der Waals surface area contributed by atoms with Crippen molar-refractivity contribution in [2.45, 2.75) is 38.8 Å². The predicted molar refractivity (Wildman–Crippen MR) is 75.3 cm³/mol. The Kier molecular flexibility index (Phi) is 5.84. The first-order chi connectivity index (χ1) is 8.95. The molecule has 1 fully saturated rings. The minimum absolute atomic E-state index is 0.176. The first-order valence-electron chi connectivity index (χ1n) is 6.77. The SMILES string of the molecule is CC(C)N/C=C(/C#N)C(=O)N(C)C1CCN(C)CC1. The minimum Gasteiger partial charge on any atom is -0.387 e. The molecule has 0 aliphatic carbocycles. The van der Waals surface area contributed by atoms with Crippen LogP contribution in [0.25, 0.3) is 0 Å². The quantitative estimate of drug-likeness (QED) is 0.606. The summed E-state index contributed by atoms with van der Waals surface area (Å²) >= 11 is 0. The summed E-state index contributed by atoms with van der Waals surface area (Å²) in [4.78, 5) is 16.2. The van der Waals surface area contributed by atoms with E-state index < -0.39 is 0 Å². The van der Waals surface area contributed by atoms with Gasteiger partial charge in [-0.05, 0) is 46.8 Å². The molecule has 5 heteroatoms. The Morgan fingerprint density at radius 3 is 2.53 bits per heavy atom. The monoisotopic (exact) mass is 264 g/mol. The fourth-order valence-electron chi connectivity index (χ4n) is 2.13. The largest absolute Gasteiger partial charge is 0.387 e. The van der Waals surface area contributed by atoms with Gasteiger partial charge >= 0.3 is 0 Å². The van der Waals surface area contributed by atoms with Gasteiger partial charge in [-0.15, -0.1) is 0 Å². The molecule has 0 atom stereocenters. The molecule has 5 nitrogen and oxygen atoms in total. The third-order valence-electron chi connectivity index (χ3n) is 3.47. The summed E-state index contributed by atoms with van der Waals surface area (Å²) < 4.78 is 0. The molecule has 1 aliphatic rings. The highest BCUT2D eigenvalue weighted by atomic mass is 16.2. The molecule has 0 aromatic rings. The third-order valence-corrected chi connectivity index (χ3v) is 3.47. The van der Waals surface area contributed by atoms with Crippen LogP contribution in [0.15, 0.2) is 11.8 Å². The number of nitriles is 1. The number of hydrogen-bond acceptors (Lipinski definition) is 4. The highest BCUT2D eigenvalue weighted by Crippen LogP contribution is 2.15. The highest BCUT2D eigenvalue weighted by Gasteiger charge is 2.25. The molecule has 1 heterocycles. The third kappa shape index (κ3) is 4.56. The molecule has 0 aromatic carbocycles. The number of nitrogens with zero attached hydrogens (tertiary/aromatic N) is 3. The minimum atomic E-state index is -0.190. The molecule has 0 unspecified atom stereocenters. The maximum absolute atomic E-state index is 12.2. The van der Waals surface area contributed by atoms with Crippen LogP contribution in [0.5, 0.6) is 0 Å². The molecule has 1 rings (SSSR count). The first kappa shape index (κ1) is 15.5. The van der Waals surface area contributed by atoms with E-state index in [1.807, 2.05) is 19.9 Å². The molecule has 1 saturated heterocycles. The lowest BCUT2D eigenvalue weighted by atomic mass is 10.0. The van der Waals surface area contributed by atoms with E-state index in [4.69, 9.17) is 5.26 Å². The van der Waals surface area contributed by atoms with E-state index in [2.05, 4.69) is 17.3 Å². The summed E-state index contributed by atoms with van der Waals surface area (Å²) in [6.45, 7) is 5.93. The number of rotatable bonds is 4. The van der Waals surface area contributed by atoms with Gasteiger partial charge in [-0.3, -0.25) is 4.79 Å². The van der Waals surface area contributed by atoms with Gasteiger partial charge in [0.05, 0.1) is 0 Å². The lowest BCUT2D eigenvalue weighted by Crippen LogP contribution is -2.45. The number of piperidine rings is 1. The summed E-state index contributed by atoms with van der Waals surface area (Å²) in [6, 6.07) is 2.43. The van der Waals surface area contributed by atoms with E-state index in [0.29, 0.717) is 0 Å². The molecular formula is C14H24N4O. The zero-order chi connectivity index (χ0) is 14.4. The van der Waals surface area contributed by atoms with Crippen molar-refractivity contribution in [2.24, 2.45) is 0 Å². The molecule has 0 bridgehead atoms. The first-order valence-corrected chi connectivity index (χ1v) is 6.77.